The zero-order chi connectivity index (χ0) is 13.3. The quantitative estimate of drug-likeness (QED) is 0.867. The fourth-order valence-corrected chi connectivity index (χ4v) is 2.76. The van der Waals surface area contributed by atoms with Gasteiger partial charge in [0.15, 0.2) is 0 Å². The van der Waals surface area contributed by atoms with Crippen LogP contribution in [0.15, 0.2) is 28.7 Å². The lowest BCUT2D eigenvalue weighted by molar-refractivity contribution is 0.837. The van der Waals surface area contributed by atoms with Crippen molar-refractivity contribution < 1.29 is 0 Å². The Balaban J connectivity index is 2.14. The van der Waals surface area contributed by atoms with Crippen LogP contribution in [-0.2, 0) is 13.6 Å². The Labute approximate surface area is 121 Å². The highest BCUT2D eigenvalue weighted by atomic mass is 79.9. The minimum absolute atomic E-state index is 0.735. The monoisotopic (exact) mass is 326 g/mol. The van der Waals surface area contributed by atoms with E-state index in [-0.39, 0.29) is 0 Å². The van der Waals surface area contributed by atoms with Crippen molar-refractivity contribution in [2.75, 3.05) is 5.32 Å². The van der Waals surface area contributed by atoms with Crippen LogP contribution in [0.25, 0.3) is 0 Å². The molecule has 4 heteroatoms. The van der Waals surface area contributed by atoms with Crippen molar-refractivity contribution in [1.29, 1.82) is 0 Å². The molecular formula is C14H16BrClN2. The van der Waals surface area contributed by atoms with E-state index in [4.69, 9.17) is 11.6 Å². The Morgan fingerprint density at radius 1 is 1.28 bits per heavy atom. The predicted molar refractivity (Wildman–Crippen MR) is 81.4 cm³/mol. The van der Waals surface area contributed by atoms with Crippen molar-refractivity contribution in [3.8, 4) is 0 Å². The van der Waals surface area contributed by atoms with Gasteiger partial charge in [0, 0.05) is 40.2 Å². The van der Waals surface area contributed by atoms with Crippen LogP contribution in [0, 0.1) is 13.8 Å². The van der Waals surface area contributed by atoms with E-state index < -0.39 is 0 Å². The van der Waals surface area contributed by atoms with E-state index in [1.807, 2.05) is 18.2 Å². The molecule has 0 saturated heterocycles. The number of hydrogen-bond acceptors (Lipinski definition) is 1. The van der Waals surface area contributed by atoms with Crippen LogP contribution < -0.4 is 5.32 Å². The highest BCUT2D eigenvalue weighted by Crippen LogP contribution is 2.26. The van der Waals surface area contributed by atoms with Crippen LogP contribution >= 0.6 is 27.5 Å². The largest absolute Gasteiger partial charge is 0.380 e. The second kappa shape index (κ2) is 5.37. The number of anilines is 1. The number of aromatic nitrogens is 1. The molecular weight excluding hydrogens is 312 g/mol. The molecule has 0 radical (unpaired) electrons. The van der Waals surface area contributed by atoms with Crippen LogP contribution in [0.5, 0.6) is 0 Å². The molecule has 96 valence electrons. The molecule has 0 unspecified atom stereocenters. The molecule has 0 bridgehead atoms. The summed E-state index contributed by atoms with van der Waals surface area (Å²) in [5.74, 6) is 0. The number of benzene rings is 1. The highest BCUT2D eigenvalue weighted by Gasteiger charge is 2.06. The Morgan fingerprint density at radius 2 is 2.00 bits per heavy atom. The first-order valence-electron chi connectivity index (χ1n) is 5.79. The summed E-state index contributed by atoms with van der Waals surface area (Å²) in [4.78, 5) is 0. The molecule has 0 amide bonds. The van der Waals surface area contributed by atoms with Gasteiger partial charge in [0.25, 0.3) is 0 Å². The predicted octanol–water partition coefficient (Wildman–Crippen LogP) is 4.67. The van der Waals surface area contributed by atoms with Gasteiger partial charge in [0.2, 0.25) is 0 Å². The molecule has 1 heterocycles. The van der Waals surface area contributed by atoms with Crippen LogP contribution in [0.2, 0.25) is 5.02 Å². The Hall–Kier alpha value is -0.930. The summed E-state index contributed by atoms with van der Waals surface area (Å²) in [5.41, 5.74) is 4.95. The zero-order valence-electron chi connectivity index (χ0n) is 10.7. The van der Waals surface area contributed by atoms with E-state index in [0.29, 0.717) is 0 Å². The fraction of sp³-hybridized carbons (Fsp3) is 0.286. The number of halogens is 2. The summed E-state index contributed by atoms with van der Waals surface area (Å²) in [5, 5.41) is 4.15. The van der Waals surface area contributed by atoms with Gasteiger partial charge in [-0.1, -0.05) is 11.6 Å². The average molecular weight is 328 g/mol. The smallest absolute Gasteiger partial charge is 0.0488 e. The fourth-order valence-electron chi connectivity index (χ4n) is 1.94. The standard InChI is InChI=1S/C14H16BrClN2/c1-9-6-11(10(2)18(9)3)8-17-14-5-4-12(16)7-13(14)15/h4-7,17H,8H2,1-3H3. The third-order valence-corrected chi connectivity index (χ3v) is 4.17. The number of hydrogen-bond donors (Lipinski definition) is 1. The Kier molecular flexibility index (Phi) is 4.03. The molecule has 0 atom stereocenters. The normalized spacial score (nSPS) is 10.7. The molecule has 18 heavy (non-hydrogen) atoms. The number of nitrogens with zero attached hydrogens (tertiary/aromatic N) is 1. The van der Waals surface area contributed by atoms with Gasteiger partial charge in [-0.25, -0.2) is 0 Å². The molecule has 2 aromatic rings. The van der Waals surface area contributed by atoms with E-state index in [2.05, 4.69) is 52.8 Å². The van der Waals surface area contributed by atoms with Crippen LogP contribution in [-0.4, -0.2) is 4.57 Å². The van der Waals surface area contributed by atoms with Gasteiger partial charge in [-0.15, -0.1) is 0 Å². The summed E-state index contributed by atoms with van der Waals surface area (Å²) in [7, 11) is 2.09. The molecule has 2 rings (SSSR count). The topological polar surface area (TPSA) is 17.0 Å². The molecule has 0 fully saturated rings. The number of nitrogens with one attached hydrogen (secondary N) is 1. The van der Waals surface area contributed by atoms with Gasteiger partial charge in [0.05, 0.1) is 0 Å². The van der Waals surface area contributed by atoms with Crippen molar-refractivity contribution >= 4 is 33.2 Å². The van der Waals surface area contributed by atoms with E-state index in [1.54, 1.807) is 0 Å². The summed E-state index contributed by atoms with van der Waals surface area (Å²) < 4.78 is 3.19. The maximum absolute atomic E-state index is 5.92. The molecule has 0 saturated carbocycles. The lowest BCUT2D eigenvalue weighted by atomic mass is 10.2. The second-order valence-electron chi connectivity index (χ2n) is 4.43. The van der Waals surface area contributed by atoms with E-state index >= 15 is 0 Å². The molecule has 0 aliphatic rings. The summed E-state index contributed by atoms with van der Waals surface area (Å²) in [6.07, 6.45) is 0. The van der Waals surface area contributed by atoms with E-state index in [9.17, 15) is 0 Å². The van der Waals surface area contributed by atoms with E-state index in [1.165, 1.54) is 17.0 Å². The molecule has 0 aliphatic heterocycles. The molecule has 1 aromatic carbocycles. The second-order valence-corrected chi connectivity index (χ2v) is 5.72. The maximum Gasteiger partial charge on any atom is 0.0488 e. The number of aryl methyl sites for hydroxylation is 1. The first-order chi connectivity index (χ1) is 8.49. The minimum atomic E-state index is 0.735. The van der Waals surface area contributed by atoms with Gasteiger partial charge in [-0.3, -0.25) is 0 Å². The summed E-state index contributed by atoms with van der Waals surface area (Å²) in [6, 6.07) is 7.98. The minimum Gasteiger partial charge on any atom is -0.380 e. The molecule has 1 N–H and O–H groups in total. The van der Waals surface area contributed by atoms with E-state index in [0.717, 1.165) is 21.7 Å². The Morgan fingerprint density at radius 3 is 2.56 bits per heavy atom. The van der Waals surface area contributed by atoms with Gasteiger partial charge in [-0.2, -0.15) is 0 Å². The summed E-state index contributed by atoms with van der Waals surface area (Å²) in [6.45, 7) is 5.07. The van der Waals surface area contributed by atoms with Crippen molar-refractivity contribution in [3.05, 3.63) is 50.7 Å². The molecule has 0 spiro atoms. The van der Waals surface area contributed by atoms with Gasteiger partial charge >= 0.3 is 0 Å². The third-order valence-electron chi connectivity index (χ3n) is 3.28. The van der Waals surface area contributed by atoms with Gasteiger partial charge in [-0.05, 0) is 59.6 Å². The lowest BCUT2D eigenvalue weighted by Gasteiger charge is -2.09. The van der Waals surface area contributed by atoms with Crippen LogP contribution in [0.3, 0.4) is 0 Å². The van der Waals surface area contributed by atoms with Crippen molar-refractivity contribution in [2.24, 2.45) is 7.05 Å². The Bertz CT molecular complexity index is 575. The SMILES string of the molecule is Cc1cc(CNc2ccc(Cl)cc2Br)c(C)n1C. The average Bonchev–Trinajstić information content (AvgIpc) is 2.56. The first-order valence-corrected chi connectivity index (χ1v) is 6.97. The molecule has 2 nitrogen and oxygen atoms in total. The van der Waals surface area contributed by atoms with Crippen molar-refractivity contribution in [2.45, 2.75) is 20.4 Å². The van der Waals surface area contributed by atoms with Crippen LogP contribution in [0.4, 0.5) is 5.69 Å². The lowest BCUT2D eigenvalue weighted by Crippen LogP contribution is -2.01. The summed E-state index contributed by atoms with van der Waals surface area (Å²) >= 11 is 9.43. The van der Waals surface area contributed by atoms with Crippen molar-refractivity contribution in [3.63, 3.8) is 0 Å². The maximum atomic E-state index is 5.92. The zero-order valence-corrected chi connectivity index (χ0v) is 13.1. The van der Waals surface area contributed by atoms with Gasteiger partial charge in [0.1, 0.15) is 0 Å². The highest BCUT2D eigenvalue weighted by molar-refractivity contribution is 9.10. The number of rotatable bonds is 3. The third kappa shape index (κ3) is 2.73. The molecule has 0 aliphatic carbocycles. The van der Waals surface area contributed by atoms with Crippen molar-refractivity contribution in [1.82, 2.24) is 4.57 Å². The van der Waals surface area contributed by atoms with Gasteiger partial charge < -0.3 is 9.88 Å². The van der Waals surface area contributed by atoms with Crippen LogP contribution in [0.1, 0.15) is 17.0 Å². The first kappa shape index (κ1) is 13.5. The molecule has 1 aromatic heterocycles.